The van der Waals surface area contributed by atoms with Gasteiger partial charge in [0.25, 0.3) is 6.43 Å². The third-order valence-corrected chi connectivity index (χ3v) is 2.22. The number of ether oxygens (including phenoxy) is 2. The molecule has 1 aromatic rings. The van der Waals surface area contributed by atoms with E-state index in [0.29, 0.717) is 24.6 Å². The van der Waals surface area contributed by atoms with E-state index in [-0.39, 0.29) is 6.61 Å². The van der Waals surface area contributed by atoms with Gasteiger partial charge in [-0.2, -0.15) is 0 Å². The quantitative estimate of drug-likeness (QED) is 0.537. The summed E-state index contributed by atoms with van der Waals surface area (Å²) in [5, 5.41) is 3.05. The summed E-state index contributed by atoms with van der Waals surface area (Å²) in [5.74, 6) is 0.692. The minimum Gasteiger partial charge on any atom is -0.493 e. The standard InChI is InChI=1S/C13H20F2N2O2/c1-2-4-19-12-7-10(16)6-11(8-12)17-3-5-18-9-13(14)15/h6-8,13,17H,2-5,9,16H2,1H3. The van der Waals surface area contributed by atoms with Crippen LogP contribution in [0.4, 0.5) is 20.2 Å². The Balaban J connectivity index is 2.38. The van der Waals surface area contributed by atoms with Crippen LogP contribution < -0.4 is 15.8 Å². The summed E-state index contributed by atoms with van der Waals surface area (Å²) in [5.41, 5.74) is 7.12. The number of halogens is 2. The molecule has 4 nitrogen and oxygen atoms in total. The zero-order valence-electron chi connectivity index (χ0n) is 11.0. The molecule has 1 rings (SSSR count). The Kier molecular flexibility index (Phi) is 6.95. The van der Waals surface area contributed by atoms with Gasteiger partial charge in [0.15, 0.2) is 0 Å². The lowest BCUT2D eigenvalue weighted by Gasteiger charge is -2.11. The highest BCUT2D eigenvalue weighted by Gasteiger charge is 2.02. The van der Waals surface area contributed by atoms with Crippen molar-refractivity contribution in [1.82, 2.24) is 0 Å². The summed E-state index contributed by atoms with van der Waals surface area (Å²) in [4.78, 5) is 0. The fourth-order valence-electron chi connectivity index (χ4n) is 1.47. The maximum atomic E-state index is 11.8. The van der Waals surface area contributed by atoms with Crippen molar-refractivity contribution in [3.8, 4) is 5.75 Å². The van der Waals surface area contributed by atoms with Crippen molar-refractivity contribution in [2.75, 3.05) is 37.4 Å². The summed E-state index contributed by atoms with van der Waals surface area (Å²) in [6.45, 7) is 2.75. The molecule has 0 aliphatic rings. The largest absolute Gasteiger partial charge is 0.493 e. The molecule has 0 bridgehead atoms. The van der Waals surface area contributed by atoms with Gasteiger partial charge in [-0.1, -0.05) is 6.92 Å². The van der Waals surface area contributed by atoms with Gasteiger partial charge in [0, 0.05) is 30.1 Å². The minimum atomic E-state index is -2.43. The molecular weight excluding hydrogens is 254 g/mol. The van der Waals surface area contributed by atoms with Crippen molar-refractivity contribution in [1.29, 1.82) is 0 Å². The SMILES string of the molecule is CCCOc1cc(N)cc(NCCOCC(F)F)c1. The number of hydrogen-bond acceptors (Lipinski definition) is 4. The number of alkyl halides is 2. The Morgan fingerprint density at radius 1 is 1.26 bits per heavy atom. The lowest BCUT2D eigenvalue weighted by atomic mass is 10.2. The van der Waals surface area contributed by atoms with Crippen LogP contribution >= 0.6 is 0 Å². The Morgan fingerprint density at radius 2 is 2.05 bits per heavy atom. The van der Waals surface area contributed by atoms with E-state index >= 15 is 0 Å². The molecule has 0 fully saturated rings. The highest BCUT2D eigenvalue weighted by Crippen LogP contribution is 2.22. The van der Waals surface area contributed by atoms with E-state index in [0.717, 1.165) is 12.1 Å². The van der Waals surface area contributed by atoms with E-state index in [2.05, 4.69) is 5.32 Å². The number of nitrogens with two attached hydrogens (primary N) is 1. The van der Waals surface area contributed by atoms with Crippen LogP contribution in [0.15, 0.2) is 18.2 Å². The molecule has 0 aromatic heterocycles. The van der Waals surface area contributed by atoms with Gasteiger partial charge in [-0.15, -0.1) is 0 Å². The maximum absolute atomic E-state index is 11.8. The Labute approximate surface area is 111 Å². The monoisotopic (exact) mass is 274 g/mol. The summed E-state index contributed by atoms with van der Waals surface area (Å²) in [6.07, 6.45) is -1.51. The molecule has 0 saturated heterocycles. The van der Waals surface area contributed by atoms with Gasteiger partial charge in [0.1, 0.15) is 12.4 Å². The molecule has 3 N–H and O–H groups in total. The van der Waals surface area contributed by atoms with Crippen LogP contribution in [0.1, 0.15) is 13.3 Å². The fourth-order valence-corrected chi connectivity index (χ4v) is 1.47. The molecule has 6 heteroatoms. The van der Waals surface area contributed by atoms with Gasteiger partial charge in [-0.05, 0) is 12.5 Å². The van der Waals surface area contributed by atoms with Crippen LogP contribution in [0.25, 0.3) is 0 Å². The zero-order chi connectivity index (χ0) is 14.1. The van der Waals surface area contributed by atoms with Crippen molar-refractivity contribution < 1.29 is 18.3 Å². The van der Waals surface area contributed by atoms with Crippen molar-refractivity contribution in [3.63, 3.8) is 0 Å². The Morgan fingerprint density at radius 3 is 2.74 bits per heavy atom. The van der Waals surface area contributed by atoms with Crippen LogP contribution in [0.2, 0.25) is 0 Å². The number of rotatable bonds is 9. The van der Waals surface area contributed by atoms with Gasteiger partial charge in [-0.25, -0.2) is 8.78 Å². The van der Waals surface area contributed by atoms with E-state index in [1.165, 1.54) is 0 Å². The van der Waals surface area contributed by atoms with E-state index in [9.17, 15) is 8.78 Å². The molecule has 19 heavy (non-hydrogen) atoms. The predicted octanol–water partition coefficient (Wildman–Crippen LogP) is 2.75. The molecule has 108 valence electrons. The van der Waals surface area contributed by atoms with Gasteiger partial charge < -0.3 is 20.5 Å². The molecule has 0 saturated carbocycles. The van der Waals surface area contributed by atoms with Crippen molar-refractivity contribution >= 4 is 11.4 Å². The molecule has 0 heterocycles. The minimum absolute atomic E-state index is 0.213. The molecule has 0 spiro atoms. The molecule has 0 amide bonds. The van der Waals surface area contributed by atoms with Crippen LogP contribution in [0.3, 0.4) is 0 Å². The molecule has 0 aliphatic heterocycles. The molecule has 0 radical (unpaired) electrons. The van der Waals surface area contributed by atoms with Gasteiger partial charge in [-0.3, -0.25) is 0 Å². The topological polar surface area (TPSA) is 56.5 Å². The average Bonchev–Trinajstić information content (AvgIpc) is 2.35. The summed E-state index contributed by atoms with van der Waals surface area (Å²) < 4.78 is 33.9. The third kappa shape index (κ3) is 6.81. The molecular formula is C13H20F2N2O2. The maximum Gasteiger partial charge on any atom is 0.261 e. The number of nitrogens with one attached hydrogen (secondary N) is 1. The second kappa shape index (κ2) is 8.53. The lowest BCUT2D eigenvalue weighted by Crippen LogP contribution is -2.13. The number of hydrogen-bond donors (Lipinski definition) is 2. The molecule has 0 atom stereocenters. The van der Waals surface area contributed by atoms with E-state index in [1.807, 2.05) is 13.0 Å². The second-order valence-corrected chi connectivity index (χ2v) is 4.03. The summed E-state index contributed by atoms with van der Waals surface area (Å²) in [6, 6.07) is 5.32. The summed E-state index contributed by atoms with van der Waals surface area (Å²) in [7, 11) is 0. The third-order valence-electron chi connectivity index (χ3n) is 2.22. The fraction of sp³-hybridized carbons (Fsp3) is 0.538. The normalized spacial score (nSPS) is 10.7. The lowest BCUT2D eigenvalue weighted by molar-refractivity contribution is 0.0215. The van der Waals surface area contributed by atoms with Crippen LogP contribution in [-0.4, -0.2) is 32.8 Å². The van der Waals surface area contributed by atoms with Crippen LogP contribution in [-0.2, 0) is 4.74 Å². The van der Waals surface area contributed by atoms with Gasteiger partial charge >= 0.3 is 0 Å². The van der Waals surface area contributed by atoms with Crippen LogP contribution in [0, 0.1) is 0 Å². The highest BCUT2D eigenvalue weighted by molar-refractivity contribution is 5.59. The Bertz CT molecular complexity index is 376. The van der Waals surface area contributed by atoms with Crippen LogP contribution in [0.5, 0.6) is 5.75 Å². The first-order valence-electron chi connectivity index (χ1n) is 6.25. The summed E-state index contributed by atoms with van der Waals surface area (Å²) >= 11 is 0. The first-order valence-corrected chi connectivity index (χ1v) is 6.25. The first-order chi connectivity index (χ1) is 9.11. The number of benzene rings is 1. The van der Waals surface area contributed by atoms with Crippen molar-refractivity contribution in [3.05, 3.63) is 18.2 Å². The average molecular weight is 274 g/mol. The zero-order valence-corrected chi connectivity index (χ0v) is 11.0. The first kappa shape index (κ1) is 15.5. The Hall–Kier alpha value is -1.56. The van der Waals surface area contributed by atoms with E-state index in [1.54, 1.807) is 12.1 Å². The van der Waals surface area contributed by atoms with E-state index in [4.69, 9.17) is 15.2 Å². The molecule has 0 unspecified atom stereocenters. The molecule has 0 aliphatic carbocycles. The van der Waals surface area contributed by atoms with Crippen molar-refractivity contribution in [2.24, 2.45) is 0 Å². The van der Waals surface area contributed by atoms with Gasteiger partial charge in [0.2, 0.25) is 0 Å². The van der Waals surface area contributed by atoms with E-state index < -0.39 is 13.0 Å². The smallest absolute Gasteiger partial charge is 0.261 e. The number of nitrogen functional groups attached to an aromatic ring is 1. The van der Waals surface area contributed by atoms with Crippen molar-refractivity contribution in [2.45, 2.75) is 19.8 Å². The number of anilines is 2. The highest BCUT2D eigenvalue weighted by atomic mass is 19.3. The van der Waals surface area contributed by atoms with Gasteiger partial charge in [0.05, 0.1) is 13.2 Å². The second-order valence-electron chi connectivity index (χ2n) is 4.03. The molecule has 1 aromatic carbocycles. The predicted molar refractivity (Wildman–Crippen MR) is 72.0 cm³/mol.